The number of esters is 2. The molecule has 46 heavy (non-hydrogen) atoms. The molecule has 0 heterocycles. The molecule has 0 aliphatic heterocycles. The molecule has 0 bridgehead atoms. The highest BCUT2D eigenvalue weighted by Gasteiger charge is 2.71. The van der Waals surface area contributed by atoms with Crippen LogP contribution in [0.3, 0.4) is 0 Å². The van der Waals surface area contributed by atoms with Crippen molar-refractivity contribution in [1.29, 1.82) is 0 Å². The maximum Gasteiger partial charge on any atom is 0.311 e. The molecule has 11 atom stereocenters. The lowest BCUT2D eigenvalue weighted by molar-refractivity contribution is -0.207. The van der Waals surface area contributed by atoms with Crippen molar-refractivity contribution >= 4 is 23.7 Å². The normalized spacial score (nSPS) is 48.0. The number of ketones is 1. The average Bonchev–Trinajstić information content (AvgIpc) is 2.99. The summed E-state index contributed by atoms with van der Waals surface area (Å²) in [4.78, 5) is 53.0. The Labute approximate surface area is 275 Å². The zero-order valence-corrected chi connectivity index (χ0v) is 29.2. The monoisotopic (exact) mass is 639 g/mol. The number of fused-ring (bicyclic) bond motifs is 7. The third kappa shape index (κ3) is 4.61. The molecule has 256 valence electrons. The fraction of sp³-hybridized carbons (Fsp3) is 0.842. The summed E-state index contributed by atoms with van der Waals surface area (Å²) in [6.45, 7) is 13.2. The van der Waals surface area contributed by atoms with E-state index in [1.807, 2.05) is 13.0 Å². The first-order chi connectivity index (χ1) is 21.4. The lowest BCUT2D eigenvalue weighted by atomic mass is 9.35. The minimum absolute atomic E-state index is 0.00524. The van der Waals surface area contributed by atoms with E-state index in [2.05, 4.69) is 34.6 Å². The Balaban J connectivity index is 1.30. The minimum Gasteiger partial charge on any atom is -0.481 e. The van der Waals surface area contributed by atoms with Crippen LogP contribution in [0.4, 0.5) is 0 Å². The van der Waals surface area contributed by atoms with Crippen LogP contribution in [0, 0.1) is 56.7 Å². The van der Waals surface area contributed by atoms with Crippen LogP contribution in [0.1, 0.15) is 125 Å². The van der Waals surface area contributed by atoms with Crippen LogP contribution in [0.25, 0.3) is 0 Å². The number of methoxy groups -OCH3 is 1. The first-order valence-corrected chi connectivity index (χ1v) is 17.9. The van der Waals surface area contributed by atoms with Crippen LogP contribution in [0.5, 0.6) is 0 Å². The first-order valence-electron chi connectivity index (χ1n) is 17.9. The van der Waals surface area contributed by atoms with Crippen LogP contribution < -0.4 is 5.73 Å². The van der Waals surface area contributed by atoms with E-state index < -0.39 is 34.2 Å². The maximum atomic E-state index is 14.6. The van der Waals surface area contributed by atoms with Crippen molar-refractivity contribution in [3.05, 3.63) is 11.6 Å². The third-order valence-electron chi connectivity index (χ3n) is 15.4. The average molecular weight is 640 g/mol. The fourth-order valence-electron chi connectivity index (χ4n) is 12.5. The molecule has 0 aromatic carbocycles. The second kappa shape index (κ2) is 10.9. The first kappa shape index (κ1) is 33.7. The number of rotatable bonds is 4. The van der Waals surface area contributed by atoms with Crippen LogP contribution in [0.2, 0.25) is 0 Å². The molecule has 5 saturated carbocycles. The van der Waals surface area contributed by atoms with Gasteiger partial charge >= 0.3 is 17.9 Å². The van der Waals surface area contributed by atoms with E-state index in [1.165, 1.54) is 7.11 Å². The van der Waals surface area contributed by atoms with Crippen molar-refractivity contribution in [2.75, 3.05) is 7.11 Å². The Hall–Kier alpha value is -2.22. The highest BCUT2D eigenvalue weighted by atomic mass is 16.5. The summed E-state index contributed by atoms with van der Waals surface area (Å²) in [5.74, 6) is -2.62. The van der Waals surface area contributed by atoms with E-state index in [9.17, 15) is 24.3 Å². The molecule has 6 aliphatic rings. The molecule has 0 aromatic heterocycles. The lowest BCUT2D eigenvalue weighted by Crippen LogP contribution is -2.72. The predicted octanol–water partition coefficient (Wildman–Crippen LogP) is 6.63. The topological polar surface area (TPSA) is 133 Å². The lowest BCUT2D eigenvalue weighted by Gasteiger charge is -2.70. The quantitative estimate of drug-likeness (QED) is 0.328. The van der Waals surface area contributed by atoms with Gasteiger partial charge in [0.05, 0.1) is 24.4 Å². The molecule has 6 rings (SSSR count). The highest BCUT2D eigenvalue weighted by Crippen LogP contribution is 2.72. The van der Waals surface area contributed by atoms with Crippen LogP contribution >= 0.6 is 0 Å². The van der Waals surface area contributed by atoms with Gasteiger partial charge in [0, 0.05) is 16.9 Å². The number of carbonyl (C=O) groups excluding carboxylic acids is 3. The SMILES string of the molecule is COC(=O)[C@@]1(C)CC[C@]2(C)CC[C@]3(N)C(=CC(=O)[C@@H]4[C@@]5(C)CC[C@H](OC(=O)[C@H]6CCCC[C@@H]6C(=O)O)C(C)(C)[C@@H]5CC[C@]43C)[C@@H]2C1. The molecular weight excluding hydrogens is 582 g/mol. The highest BCUT2D eigenvalue weighted by molar-refractivity contribution is 5.96. The third-order valence-corrected chi connectivity index (χ3v) is 15.4. The molecule has 6 aliphatic carbocycles. The summed E-state index contributed by atoms with van der Waals surface area (Å²) in [6, 6.07) is 0. The van der Waals surface area contributed by atoms with Gasteiger partial charge in [-0.05, 0) is 117 Å². The molecule has 3 N–H and O–H groups in total. The second-order valence-electron chi connectivity index (χ2n) is 18.0. The van der Waals surface area contributed by atoms with E-state index in [-0.39, 0.29) is 57.8 Å². The summed E-state index contributed by atoms with van der Waals surface area (Å²) < 4.78 is 11.5. The van der Waals surface area contributed by atoms with Crippen molar-refractivity contribution in [3.8, 4) is 0 Å². The predicted molar refractivity (Wildman–Crippen MR) is 173 cm³/mol. The fourth-order valence-corrected chi connectivity index (χ4v) is 12.5. The van der Waals surface area contributed by atoms with Gasteiger partial charge in [-0.1, -0.05) is 47.5 Å². The molecule has 8 heteroatoms. The van der Waals surface area contributed by atoms with E-state index in [0.29, 0.717) is 25.7 Å². The number of hydrogen-bond acceptors (Lipinski definition) is 7. The standard InChI is InChI=1S/C38H57NO7/c1-33(2)27-12-15-37(6)29(36(27,5)14-13-28(33)46-31(43)23-11-9-8-10-22(23)30(41)42)26(40)20-24-25-21-35(4,32(44)45-7)17-16-34(25,3)18-19-38(24,37)39/h20,22-23,25,27-29H,8-19,21,39H2,1-7H3,(H,41,42)/t22-,23-,25-,27-,28-,29+,34+,35-,36-,37+,38-/m0/s1. The Kier molecular flexibility index (Phi) is 7.98. The Bertz CT molecular complexity index is 1350. The second-order valence-corrected chi connectivity index (χ2v) is 18.0. The van der Waals surface area contributed by atoms with Gasteiger partial charge in [0.15, 0.2) is 5.78 Å². The summed E-state index contributed by atoms with van der Waals surface area (Å²) >= 11 is 0. The molecule has 0 aromatic rings. The Morgan fingerprint density at radius 2 is 1.52 bits per heavy atom. The smallest absolute Gasteiger partial charge is 0.311 e. The summed E-state index contributed by atoms with van der Waals surface area (Å²) in [5, 5.41) is 9.78. The minimum atomic E-state index is -0.908. The van der Waals surface area contributed by atoms with E-state index in [1.54, 1.807) is 0 Å². The molecular formula is C38H57NO7. The number of carboxylic acids is 1. The molecule has 0 saturated heterocycles. The zero-order chi connectivity index (χ0) is 33.7. The number of allylic oxidation sites excluding steroid dienone is 1. The molecule has 0 spiro atoms. The zero-order valence-electron chi connectivity index (χ0n) is 29.2. The van der Waals surface area contributed by atoms with Gasteiger partial charge < -0.3 is 20.3 Å². The number of aliphatic carboxylic acids is 1. The van der Waals surface area contributed by atoms with Crippen molar-refractivity contribution in [1.82, 2.24) is 0 Å². The Morgan fingerprint density at radius 1 is 0.870 bits per heavy atom. The van der Waals surface area contributed by atoms with E-state index in [0.717, 1.165) is 63.4 Å². The summed E-state index contributed by atoms with van der Waals surface area (Å²) in [7, 11) is 1.46. The summed E-state index contributed by atoms with van der Waals surface area (Å²) in [6.07, 6.45) is 11.6. The number of hydrogen-bond donors (Lipinski definition) is 2. The van der Waals surface area contributed by atoms with Crippen molar-refractivity contribution in [2.24, 2.45) is 62.4 Å². The van der Waals surface area contributed by atoms with E-state index >= 15 is 0 Å². The van der Waals surface area contributed by atoms with Crippen LogP contribution in [-0.2, 0) is 28.7 Å². The number of carboxylic acid groups (broad SMARTS) is 1. The van der Waals surface area contributed by atoms with Crippen LogP contribution in [0.15, 0.2) is 11.6 Å². The largest absolute Gasteiger partial charge is 0.481 e. The van der Waals surface area contributed by atoms with Gasteiger partial charge in [-0.15, -0.1) is 0 Å². The van der Waals surface area contributed by atoms with Crippen LogP contribution in [-0.4, -0.2) is 47.6 Å². The summed E-state index contributed by atoms with van der Waals surface area (Å²) in [5.41, 5.74) is 6.36. The number of nitrogens with two attached hydrogens (primary N) is 1. The number of carbonyl (C=O) groups is 4. The van der Waals surface area contributed by atoms with Crippen molar-refractivity contribution in [3.63, 3.8) is 0 Å². The van der Waals surface area contributed by atoms with Gasteiger partial charge in [-0.3, -0.25) is 19.2 Å². The van der Waals surface area contributed by atoms with Gasteiger partial charge in [-0.2, -0.15) is 0 Å². The van der Waals surface area contributed by atoms with Gasteiger partial charge in [0.1, 0.15) is 6.10 Å². The molecule has 0 amide bonds. The molecule has 5 fully saturated rings. The molecule has 0 radical (unpaired) electrons. The van der Waals surface area contributed by atoms with Gasteiger partial charge in [0.2, 0.25) is 0 Å². The van der Waals surface area contributed by atoms with Gasteiger partial charge in [0.25, 0.3) is 0 Å². The van der Waals surface area contributed by atoms with Gasteiger partial charge in [-0.25, -0.2) is 0 Å². The molecule has 8 nitrogen and oxygen atoms in total. The van der Waals surface area contributed by atoms with Crippen molar-refractivity contribution < 1.29 is 33.8 Å². The van der Waals surface area contributed by atoms with E-state index in [4.69, 9.17) is 15.2 Å². The molecule has 0 unspecified atom stereocenters. The maximum absolute atomic E-state index is 14.6. The number of ether oxygens (including phenoxy) is 2. The Morgan fingerprint density at radius 3 is 2.17 bits per heavy atom. The van der Waals surface area contributed by atoms with Crippen molar-refractivity contribution in [2.45, 2.75) is 137 Å².